The van der Waals surface area contributed by atoms with Crippen LogP contribution >= 0.6 is 0 Å². The fraction of sp³-hybridized carbons (Fsp3) is 0.778. The number of rotatable bonds is 8. The fourth-order valence-corrected chi connectivity index (χ4v) is 2.56. The molecule has 1 aromatic rings. The first-order chi connectivity index (χ1) is 11.7. The summed E-state index contributed by atoms with van der Waals surface area (Å²) in [6.07, 6.45) is 0.140. The molecule has 0 aromatic carbocycles. The first kappa shape index (κ1) is 20.0. The van der Waals surface area contributed by atoms with E-state index in [2.05, 4.69) is 5.16 Å². The molecule has 0 radical (unpaired) electrons. The molecular weight excluding hydrogens is 324 g/mol. The van der Waals surface area contributed by atoms with Gasteiger partial charge in [0, 0.05) is 18.0 Å². The number of aliphatic hydroxyl groups excluding tert-OH is 1. The molecule has 0 amide bonds. The van der Waals surface area contributed by atoms with E-state index in [1.165, 1.54) is 0 Å². The first-order valence-corrected chi connectivity index (χ1v) is 8.67. The fourth-order valence-electron chi connectivity index (χ4n) is 2.56. The number of hydrogen-bond donors (Lipinski definition) is 1. The largest absolute Gasteiger partial charge is 0.395 e. The third-order valence-electron chi connectivity index (χ3n) is 4.98. The molecule has 0 saturated carbocycles. The molecule has 25 heavy (non-hydrogen) atoms. The van der Waals surface area contributed by atoms with Crippen LogP contribution in [0.25, 0.3) is 0 Å². The van der Waals surface area contributed by atoms with Crippen LogP contribution in [0.5, 0.6) is 0 Å². The number of hydrogen-bond acceptors (Lipinski definition) is 7. The number of ketones is 1. The van der Waals surface area contributed by atoms with Gasteiger partial charge in [0.1, 0.15) is 5.76 Å². The van der Waals surface area contributed by atoms with E-state index in [0.29, 0.717) is 37.8 Å². The first-order valence-electron chi connectivity index (χ1n) is 8.67. The molecular formula is C18H30N2O5. The predicted molar refractivity (Wildman–Crippen MR) is 92.6 cm³/mol. The maximum Gasteiger partial charge on any atom is 0.160 e. The molecule has 142 valence electrons. The Balaban J connectivity index is 1.98. The Kier molecular flexibility index (Phi) is 6.37. The van der Waals surface area contributed by atoms with Gasteiger partial charge in [0.05, 0.1) is 50.2 Å². The minimum absolute atomic E-state index is 0.0203. The lowest BCUT2D eigenvalue weighted by Crippen LogP contribution is -2.52. The molecule has 0 unspecified atom stereocenters. The molecule has 1 saturated heterocycles. The number of likely N-dealkylation sites (N-methyl/N-ethyl adjacent to an activating group) is 1. The van der Waals surface area contributed by atoms with Gasteiger partial charge in [-0.2, -0.15) is 0 Å². The second-order valence-corrected chi connectivity index (χ2v) is 7.83. The Hall–Kier alpha value is -1.28. The van der Waals surface area contributed by atoms with Crippen LogP contribution in [0, 0.1) is 0 Å². The summed E-state index contributed by atoms with van der Waals surface area (Å²) in [5.74, 6) is 0.552. The van der Waals surface area contributed by atoms with Gasteiger partial charge in [-0.25, -0.2) is 0 Å². The van der Waals surface area contributed by atoms with Gasteiger partial charge >= 0.3 is 0 Å². The maximum absolute atomic E-state index is 12.8. The van der Waals surface area contributed by atoms with Crippen LogP contribution in [-0.2, 0) is 26.1 Å². The lowest BCUT2D eigenvalue weighted by molar-refractivity contribution is -0.133. The summed E-state index contributed by atoms with van der Waals surface area (Å²) < 4.78 is 16.4. The van der Waals surface area contributed by atoms with Crippen LogP contribution in [0.1, 0.15) is 39.1 Å². The van der Waals surface area contributed by atoms with Crippen LogP contribution in [0.15, 0.2) is 10.6 Å². The van der Waals surface area contributed by atoms with E-state index in [-0.39, 0.29) is 24.9 Å². The summed E-state index contributed by atoms with van der Waals surface area (Å²) in [6.45, 7) is 9.90. The number of aromatic nitrogens is 1. The maximum atomic E-state index is 12.8. The smallest absolute Gasteiger partial charge is 0.160 e. The predicted octanol–water partition coefficient (Wildman–Crippen LogP) is 1.18. The van der Waals surface area contributed by atoms with Crippen LogP contribution in [0.2, 0.25) is 0 Å². The molecule has 7 heteroatoms. The second-order valence-electron chi connectivity index (χ2n) is 7.83. The van der Waals surface area contributed by atoms with Gasteiger partial charge in [0.15, 0.2) is 5.78 Å². The van der Waals surface area contributed by atoms with Crippen molar-refractivity contribution in [3.05, 3.63) is 17.5 Å². The SMILES string of the molecule is CN(C[C@@H]1COCCO1)C(C)(C)C(=O)Cc1cc(C(C)(C)CO)no1. The lowest BCUT2D eigenvalue weighted by Gasteiger charge is -2.37. The molecule has 1 aromatic heterocycles. The molecule has 1 atom stereocenters. The molecule has 2 heterocycles. The zero-order chi connectivity index (χ0) is 18.7. The Bertz CT molecular complexity index is 576. The van der Waals surface area contributed by atoms with E-state index in [1.54, 1.807) is 6.07 Å². The molecule has 1 N–H and O–H groups in total. The molecule has 0 spiro atoms. The summed E-state index contributed by atoms with van der Waals surface area (Å²) >= 11 is 0. The van der Waals surface area contributed by atoms with Crippen LogP contribution in [0.3, 0.4) is 0 Å². The summed E-state index contributed by atoms with van der Waals surface area (Å²) in [5, 5.41) is 13.4. The standard InChI is InChI=1S/C18H30N2O5/c1-17(2,12-21)15-8-13(25-19-15)9-16(22)18(3,4)20(5)10-14-11-23-6-7-24-14/h8,14,21H,6-7,9-12H2,1-5H3/t14-/m1/s1. The van der Waals surface area contributed by atoms with Gasteiger partial charge < -0.3 is 19.1 Å². The average molecular weight is 354 g/mol. The number of carbonyl (C=O) groups is 1. The topological polar surface area (TPSA) is 85.0 Å². The van der Waals surface area contributed by atoms with E-state index >= 15 is 0 Å². The molecule has 7 nitrogen and oxygen atoms in total. The molecule has 2 rings (SSSR count). The minimum Gasteiger partial charge on any atom is -0.395 e. The monoisotopic (exact) mass is 354 g/mol. The van der Waals surface area contributed by atoms with Crippen molar-refractivity contribution in [2.24, 2.45) is 0 Å². The summed E-state index contributed by atoms with van der Waals surface area (Å²) in [5.41, 5.74) is -0.507. The summed E-state index contributed by atoms with van der Waals surface area (Å²) in [6, 6.07) is 1.75. The zero-order valence-corrected chi connectivity index (χ0v) is 15.9. The van der Waals surface area contributed by atoms with E-state index in [0.717, 1.165) is 0 Å². The Morgan fingerprint density at radius 3 is 2.68 bits per heavy atom. The molecule has 0 aliphatic carbocycles. The Morgan fingerprint density at radius 1 is 1.36 bits per heavy atom. The lowest BCUT2D eigenvalue weighted by atomic mass is 9.89. The van der Waals surface area contributed by atoms with Crippen molar-refractivity contribution in [3.63, 3.8) is 0 Å². The van der Waals surface area contributed by atoms with Gasteiger partial charge in [-0.05, 0) is 20.9 Å². The number of aliphatic hydroxyl groups is 1. The van der Waals surface area contributed by atoms with Crippen molar-refractivity contribution in [2.45, 2.75) is 51.2 Å². The molecule has 0 bridgehead atoms. The van der Waals surface area contributed by atoms with Crippen molar-refractivity contribution in [3.8, 4) is 0 Å². The number of Topliss-reactive ketones (excluding diaryl/α,β-unsaturated/α-hetero) is 1. The van der Waals surface area contributed by atoms with Gasteiger partial charge in [-0.3, -0.25) is 9.69 Å². The van der Waals surface area contributed by atoms with Gasteiger partial charge in [-0.15, -0.1) is 0 Å². The van der Waals surface area contributed by atoms with E-state index in [1.807, 2.05) is 39.6 Å². The van der Waals surface area contributed by atoms with Gasteiger partial charge in [0.25, 0.3) is 0 Å². The van der Waals surface area contributed by atoms with Crippen molar-refractivity contribution < 1.29 is 23.9 Å². The average Bonchev–Trinajstić information content (AvgIpc) is 3.05. The minimum atomic E-state index is -0.666. The Labute approximate surface area is 149 Å². The van der Waals surface area contributed by atoms with E-state index < -0.39 is 11.0 Å². The van der Waals surface area contributed by atoms with E-state index in [9.17, 15) is 9.90 Å². The summed E-state index contributed by atoms with van der Waals surface area (Å²) in [7, 11) is 1.91. The van der Waals surface area contributed by atoms with Crippen LogP contribution in [0.4, 0.5) is 0 Å². The third-order valence-corrected chi connectivity index (χ3v) is 4.98. The van der Waals surface area contributed by atoms with Crippen LogP contribution in [-0.4, -0.2) is 72.6 Å². The molecule has 1 aliphatic heterocycles. The molecule has 1 fully saturated rings. The quantitative estimate of drug-likeness (QED) is 0.750. The van der Waals surface area contributed by atoms with Crippen molar-refractivity contribution in [2.75, 3.05) is 40.0 Å². The van der Waals surface area contributed by atoms with Crippen molar-refractivity contribution in [1.82, 2.24) is 10.1 Å². The van der Waals surface area contributed by atoms with Crippen molar-refractivity contribution >= 4 is 5.78 Å². The van der Waals surface area contributed by atoms with Gasteiger partial charge in [-0.1, -0.05) is 19.0 Å². The second kappa shape index (κ2) is 7.95. The van der Waals surface area contributed by atoms with Crippen molar-refractivity contribution in [1.29, 1.82) is 0 Å². The third kappa shape index (κ3) is 4.88. The normalized spacial score (nSPS) is 19.4. The van der Waals surface area contributed by atoms with E-state index in [4.69, 9.17) is 14.0 Å². The highest BCUT2D eigenvalue weighted by Crippen LogP contribution is 2.24. The number of carbonyl (C=O) groups excluding carboxylic acids is 1. The highest BCUT2D eigenvalue weighted by Gasteiger charge is 2.35. The zero-order valence-electron chi connectivity index (χ0n) is 15.9. The van der Waals surface area contributed by atoms with Crippen LogP contribution < -0.4 is 0 Å². The number of nitrogens with zero attached hydrogens (tertiary/aromatic N) is 2. The number of ether oxygens (including phenoxy) is 2. The highest BCUT2D eigenvalue weighted by atomic mass is 16.6. The van der Waals surface area contributed by atoms with Gasteiger partial charge in [0.2, 0.25) is 0 Å². The summed E-state index contributed by atoms with van der Waals surface area (Å²) in [4.78, 5) is 14.8. The molecule has 1 aliphatic rings. The highest BCUT2D eigenvalue weighted by molar-refractivity contribution is 5.89. The Morgan fingerprint density at radius 2 is 2.08 bits per heavy atom.